The number of unbranched alkanes of at least 4 members (excludes halogenated alkanes) is 50. The van der Waals surface area contributed by atoms with E-state index in [-0.39, 0.29) is 32.0 Å². The zero-order valence-electron chi connectivity index (χ0n) is 55.5. The van der Waals surface area contributed by atoms with Crippen LogP contribution in [0.15, 0.2) is 24.3 Å². The van der Waals surface area contributed by atoms with E-state index in [1.54, 1.807) is 0 Å². The largest absolute Gasteiger partial charge is 0.756 e. The van der Waals surface area contributed by atoms with Crippen molar-refractivity contribution < 1.29 is 42.1 Å². The molecule has 0 saturated carbocycles. The molecule has 2 unspecified atom stereocenters. The smallest absolute Gasteiger partial charge is 0.306 e. The highest BCUT2D eigenvalue weighted by Crippen LogP contribution is 2.38. The molecule has 82 heavy (non-hydrogen) atoms. The summed E-state index contributed by atoms with van der Waals surface area (Å²) in [6.45, 7) is 4.31. The van der Waals surface area contributed by atoms with Gasteiger partial charge in [0.05, 0.1) is 27.7 Å². The Morgan fingerprint density at radius 3 is 0.902 bits per heavy atom. The van der Waals surface area contributed by atoms with Crippen LogP contribution in [0.25, 0.3) is 0 Å². The average molecular weight is 1180 g/mol. The van der Waals surface area contributed by atoms with E-state index in [0.717, 1.165) is 32.1 Å². The van der Waals surface area contributed by atoms with E-state index in [1.807, 2.05) is 21.1 Å². The van der Waals surface area contributed by atoms with Gasteiger partial charge < -0.3 is 27.9 Å². The number of ether oxygens (including phenoxy) is 2. The lowest BCUT2D eigenvalue weighted by atomic mass is 10.0. The Kier molecular flexibility index (Phi) is 62.8. The van der Waals surface area contributed by atoms with Crippen molar-refractivity contribution in [2.75, 3.05) is 47.5 Å². The van der Waals surface area contributed by atoms with Crippen LogP contribution < -0.4 is 4.89 Å². The van der Waals surface area contributed by atoms with Gasteiger partial charge in [0.2, 0.25) is 0 Å². The van der Waals surface area contributed by atoms with Gasteiger partial charge in [-0.2, -0.15) is 0 Å². The molecule has 2 atom stereocenters. The van der Waals surface area contributed by atoms with Crippen molar-refractivity contribution in [1.82, 2.24) is 0 Å². The van der Waals surface area contributed by atoms with Crippen LogP contribution in [0.2, 0.25) is 0 Å². The number of allylic oxidation sites excluding steroid dienone is 4. The second-order valence-corrected chi connectivity index (χ2v) is 27.4. The number of likely N-dealkylation sites (N-methyl/N-ethyl adjacent to an activating group) is 1. The summed E-state index contributed by atoms with van der Waals surface area (Å²) in [6.07, 6.45) is 79.9. The third kappa shape index (κ3) is 67.6. The first-order valence-corrected chi connectivity index (χ1v) is 37.5. The number of esters is 2. The van der Waals surface area contributed by atoms with E-state index in [9.17, 15) is 19.0 Å². The summed E-state index contributed by atoms with van der Waals surface area (Å²) in [5.74, 6) is -0.814. The van der Waals surface area contributed by atoms with E-state index in [1.165, 1.54) is 308 Å². The van der Waals surface area contributed by atoms with Gasteiger partial charge in [-0.25, -0.2) is 0 Å². The molecule has 0 rings (SSSR count). The van der Waals surface area contributed by atoms with Crippen molar-refractivity contribution in [2.45, 2.75) is 380 Å². The predicted octanol–water partition coefficient (Wildman–Crippen LogP) is 22.6. The van der Waals surface area contributed by atoms with Gasteiger partial charge in [0.25, 0.3) is 7.82 Å². The van der Waals surface area contributed by atoms with Crippen LogP contribution in [0.5, 0.6) is 0 Å². The molecule has 0 fully saturated rings. The minimum absolute atomic E-state index is 0.0277. The lowest BCUT2D eigenvalue weighted by Crippen LogP contribution is -2.37. The summed E-state index contributed by atoms with van der Waals surface area (Å²) in [6, 6.07) is 0. The maximum atomic E-state index is 12.9. The van der Waals surface area contributed by atoms with Crippen LogP contribution in [0.3, 0.4) is 0 Å². The van der Waals surface area contributed by atoms with E-state index in [4.69, 9.17) is 18.5 Å². The van der Waals surface area contributed by atoms with Crippen molar-refractivity contribution in [3.8, 4) is 0 Å². The Morgan fingerprint density at radius 1 is 0.366 bits per heavy atom. The number of hydrogen-bond donors (Lipinski definition) is 0. The van der Waals surface area contributed by atoms with Gasteiger partial charge in [0, 0.05) is 12.8 Å². The summed E-state index contributed by atoms with van der Waals surface area (Å²) < 4.78 is 34.3. The molecule has 0 heterocycles. The maximum Gasteiger partial charge on any atom is 0.306 e. The highest BCUT2D eigenvalue weighted by Gasteiger charge is 2.22. The summed E-state index contributed by atoms with van der Waals surface area (Å²) in [5, 5.41) is 0. The first-order valence-electron chi connectivity index (χ1n) is 36.0. The zero-order valence-corrected chi connectivity index (χ0v) is 56.4. The number of phosphoric ester groups is 1. The Hall–Kier alpha value is -1.51. The summed E-state index contributed by atoms with van der Waals surface area (Å²) in [7, 11) is 1.19. The first kappa shape index (κ1) is 80.5. The van der Waals surface area contributed by atoms with E-state index >= 15 is 0 Å². The molecule has 0 aromatic rings. The normalized spacial score (nSPS) is 13.2. The summed E-state index contributed by atoms with van der Waals surface area (Å²) in [5.41, 5.74) is 0. The van der Waals surface area contributed by atoms with Crippen LogP contribution in [0, 0.1) is 0 Å². The fraction of sp³-hybridized carbons (Fsp3) is 0.917. The Morgan fingerprint density at radius 2 is 0.622 bits per heavy atom. The van der Waals surface area contributed by atoms with Crippen LogP contribution in [0.1, 0.15) is 373 Å². The van der Waals surface area contributed by atoms with Gasteiger partial charge in [-0.1, -0.05) is 321 Å². The third-order valence-electron chi connectivity index (χ3n) is 16.4. The second kappa shape index (κ2) is 64.0. The minimum Gasteiger partial charge on any atom is -0.756 e. The van der Waals surface area contributed by atoms with Crippen LogP contribution in [-0.4, -0.2) is 70.0 Å². The number of quaternary nitrogens is 1. The molecule has 0 radical (unpaired) electrons. The molecule has 9 nitrogen and oxygen atoms in total. The van der Waals surface area contributed by atoms with Gasteiger partial charge in [-0.05, 0) is 64.2 Å². The molecule has 0 aliphatic rings. The number of carbonyl (C=O) groups excluding carboxylic acids is 2. The minimum atomic E-state index is -4.64. The lowest BCUT2D eigenvalue weighted by Gasteiger charge is -2.28. The quantitative estimate of drug-likeness (QED) is 0.0195. The number of carbonyl (C=O) groups is 2. The standard InChI is InChI=1S/C72H140NO8P/c1-6-8-10-12-14-16-18-20-22-24-26-28-29-30-31-32-33-34-35-36-37-38-39-40-41-42-43-45-47-49-51-53-55-57-59-61-63-65-72(75)81-70(69-80-82(76,77)79-67-66-73(3,4)5)68-78-71(74)64-62-60-58-56-54-52-50-48-46-44-27-25-23-21-19-17-15-13-11-9-7-2/h24-27,70H,6-23,28-69H2,1-5H3/b26-24-,27-25-. The summed E-state index contributed by atoms with van der Waals surface area (Å²) >= 11 is 0. The second-order valence-electron chi connectivity index (χ2n) is 26.0. The molecule has 0 aromatic heterocycles. The van der Waals surface area contributed by atoms with Gasteiger partial charge >= 0.3 is 11.9 Å². The van der Waals surface area contributed by atoms with Crippen LogP contribution >= 0.6 is 7.82 Å². The molecular weight excluding hydrogens is 1040 g/mol. The van der Waals surface area contributed by atoms with E-state index in [0.29, 0.717) is 17.4 Å². The van der Waals surface area contributed by atoms with Crippen molar-refractivity contribution in [3.63, 3.8) is 0 Å². The number of nitrogens with zero attached hydrogens (tertiary/aromatic N) is 1. The molecule has 0 aromatic carbocycles. The average Bonchev–Trinajstić information content (AvgIpc) is 3.46. The SMILES string of the molecule is CCCCCCCCCC/C=C\CCCCCCCCCCCCCCCCCCCCCCCCCCCC(=O)OC(COC(=O)CCCCCCCCCCC/C=C\CCCCCCCCCC)COP(=O)([O-])OCC[N+](C)(C)C. The highest BCUT2D eigenvalue weighted by atomic mass is 31.2. The lowest BCUT2D eigenvalue weighted by molar-refractivity contribution is -0.870. The predicted molar refractivity (Wildman–Crippen MR) is 351 cm³/mol. The molecule has 486 valence electrons. The fourth-order valence-corrected chi connectivity index (χ4v) is 11.6. The molecule has 0 amide bonds. The number of phosphoric acid groups is 1. The van der Waals surface area contributed by atoms with Crippen LogP contribution in [-0.2, 0) is 32.7 Å². The fourth-order valence-electron chi connectivity index (χ4n) is 10.9. The monoisotopic (exact) mass is 1180 g/mol. The maximum absolute atomic E-state index is 12.9. The molecule has 0 aliphatic heterocycles. The van der Waals surface area contributed by atoms with Gasteiger partial charge in [-0.3, -0.25) is 14.2 Å². The molecule has 0 saturated heterocycles. The molecule has 0 spiro atoms. The van der Waals surface area contributed by atoms with E-state index < -0.39 is 26.5 Å². The van der Waals surface area contributed by atoms with Crippen LogP contribution in [0.4, 0.5) is 0 Å². The van der Waals surface area contributed by atoms with Crippen molar-refractivity contribution in [2.24, 2.45) is 0 Å². The Bertz CT molecular complexity index is 1430. The third-order valence-corrected chi connectivity index (χ3v) is 17.4. The first-order chi connectivity index (χ1) is 40.0. The van der Waals surface area contributed by atoms with Gasteiger partial charge in [0.1, 0.15) is 19.8 Å². The van der Waals surface area contributed by atoms with Gasteiger partial charge in [0.15, 0.2) is 6.10 Å². The van der Waals surface area contributed by atoms with Crippen molar-refractivity contribution >= 4 is 19.8 Å². The molecular formula is C72H140NO8P. The Labute approximate surface area is 510 Å². The molecule has 0 bridgehead atoms. The van der Waals surface area contributed by atoms with Crippen molar-refractivity contribution in [1.29, 1.82) is 0 Å². The molecule has 10 heteroatoms. The highest BCUT2D eigenvalue weighted by molar-refractivity contribution is 7.45. The zero-order chi connectivity index (χ0) is 59.8. The Balaban J connectivity index is 3.92. The van der Waals surface area contributed by atoms with Crippen molar-refractivity contribution in [3.05, 3.63) is 24.3 Å². The topological polar surface area (TPSA) is 111 Å². The van der Waals surface area contributed by atoms with E-state index in [2.05, 4.69) is 38.2 Å². The molecule has 0 N–H and O–H groups in total. The number of hydrogen-bond acceptors (Lipinski definition) is 8. The molecule has 0 aliphatic carbocycles. The van der Waals surface area contributed by atoms with Gasteiger partial charge in [-0.15, -0.1) is 0 Å². The summed E-state index contributed by atoms with van der Waals surface area (Å²) in [4.78, 5) is 38.0. The number of rotatable bonds is 68.